The first-order valence-corrected chi connectivity index (χ1v) is 8.61. The fourth-order valence-corrected chi connectivity index (χ4v) is 3.34. The van der Waals surface area contributed by atoms with Gasteiger partial charge in [0.15, 0.2) is 0 Å². The van der Waals surface area contributed by atoms with Gasteiger partial charge >= 0.3 is 0 Å². The molecule has 0 bridgehead atoms. The van der Waals surface area contributed by atoms with Crippen LogP contribution in [0.1, 0.15) is 48.1 Å². The minimum atomic E-state index is 0.0470. The lowest BCUT2D eigenvalue weighted by Crippen LogP contribution is -2.36. The Hall–Kier alpha value is -2.08. The van der Waals surface area contributed by atoms with E-state index >= 15 is 0 Å². The van der Waals surface area contributed by atoms with Crippen molar-refractivity contribution in [1.29, 1.82) is 0 Å². The molecule has 3 heterocycles. The smallest absolute Gasteiger partial charge is 0.220 e. The van der Waals surface area contributed by atoms with Gasteiger partial charge in [-0.2, -0.15) is 0 Å². The highest BCUT2D eigenvalue weighted by atomic mass is 16.5. The second-order valence-electron chi connectivity index (χ2n) is 6.38. The van der Waals surface area contributed by atoms with Gasteiger partial charge < -0.3 is 14.3 Å². The Balaban J connectivity index is 1.53. The maximum atomic E-state index is 12.2. The summed E-state index contributed by atoms with van der Waals surface area (Å²) in [6.07, 6.45) is 5.20. The Morgan fingerprint density at radius 1 is 1.38 bits per heavy atom. The largest absolute Gasteiger partial charge is 0.468 e. The molecule has 1 saturated heterocycles. The average molecular weight is 331 g/mol. The molecule has 24 heavy (non-hydrogen) atoms. The van der Waals surface area contributed by atoms with Gasteiger partial charge in [0.2, 0.25) is 5.91 Å². The number of carbonyl (C=O) groups is 1. The summed E-state index contributed by atoms with van der Waals surface area (Å²) in [4.78, 5) is 14.6. The van der Waals surface area contributed by atoms with Crippen LogP contribution in [0.3, 0.4) is 0 Å². The number of amides is 1. The van der Waals surface area contributed by atoms with Gasteiger partial charge in [0, 0.05) is 18.5 Å². The number of nitrogens with one attached hydrogen (secondary N) is 1. The van der Waals surface area contributed by atoms with Crippen LogP contribution in [0.15, 0.2) is 27.3 Å². The zero-order valence-electron chi connectivity index (χ0n) is 14.4. The number of hydrogen-bond donors (Lipinski definition) is 1. The monoisotopic (exact) mass is 331 g/mol. The number of aryl methyl sites for hydroxylation is 2. The number of carbonyl (C=O) groups excluding carboxylic acids is 1. The lowest BCUT2D eigenvalue weighted by Gasteiger charge is -2.26. The van der Waals surface area contributed by atoms with Crippen LogP contribution in [0.4, 0.5) is 0 Å². The van der Waals surface area contributed by atoms with E-state index in [2.05, 4.69) is 15.4 Å². The minimum Gasteiger partial charge on any atom is -0.468 e. The first kappa shape index (κ1) is 16.8. The SMILES string of the molecule is Cc1noc(C)c1CCC(=O)NC[C@@H](c1ccco1)N1CCCC1. The number of aromatic nitrogens is 1. The van der Waals surface area contributed by atoms with Crippen molar-refractivity contribution >= 4 is 5.91 Å². The lowest BCUT2D eigenvalue weighted by atomic mass is 10.1. The van der Waals surface area contributed by atoms with Gasteiger partial charge in [0.05, 0.1) is 18.0 Å². The molecule has 0 saturated carbocycles. The van der Waals surface area contributed by atoms with Gasteiger partial charge in [0.25, 0.3) is 0 Å². The molecule has 0 radical (unpaired) electrons. The molecule has 1 amide bonds. The van der Waals surface area contributed by atoms with Crippen LogP contribution >= 0.6 is 0 Å². The predicted molar refractivity (Wildman–Crippen MR) is 89.6 cm³/mol. The molecular weight excluding hydrogens is 306 g/mol. The Kier molecular flexibility index (Phi) is 5.35. The summed E-state index contributed by atoms with van der Waals surface area (Å²) in [5, 5.41) is 6.99. The molecule has 6 heteroatoms. The Labute approximate surface area is 142 Å². The number of furan rings is 1. The molecule has 0 spiro atoms. The van der Waals surface area contributed by atoms with E-state index in [1.54, 1.807) is 6.26 Å². The zero-order valence-corrected chi connectivity index (χ0v) is 14.4. The van der Waals surface area contributed by atoms with Gasteiger partial charge in [-0.15, -0.1) is 0 Å². The third kappa shape index (κ3) is 3.87. The third-order valence-corrected chi connectivity index (χ3v) is 4.73. The maximum absolute atomic E-state index is 12.2. The topological polar surface area (TPSA) is 71.5 Å². The van der Waals surface area contributed by atoms with E-state index in [4.69, 9.17) is 8.94 Å². The van der Waals surface area contributed by atoms with Gasteiger partial charge in [-0.1, -0.05) is 5.16 Å². The van der Waals surface area contributed by atoms with E-state index in [0.29, 0.717) is 19.4 Å². The van der Waals surface area contributed by atoms with Gasteiger partial charge in [-0.05, 0) is 58.3 Å². The third-order valence-electron chi connectivity index (χ3n) is 4.73. The molecule has 0 aliphatic carbocycles. The van der Waals surface area contributed by atoms with Crippen molar-refractivity contribution < 1.29 is 13.7 Å². The molecule has 1 aliphatic heterocycles. The van der Waals surface area contributed by atoms with Crippen LogP contribution in [-0.2, 0) is 11.2 Å². The molecule has 1 N–H and O–H groups in total. The van der Waals surface area contributed by atoms with E-state index in [0.717, 1.165) is 35.9 Å². The molecule has 130 valence electrons. The van der Waals surface area contributed by atoms with E-state index in [1.807, 2.05) is 26.0 Å². The van der Waals surface area contributed by atoms with Crippen LogP contribution in [-0.4, -0.2) is 35.6 Å². The van der Waals surface area contributed by atoms with Crippen LogP contribution in [0.25, 0.3) is 0 Å². The number of rotatable bonds is 7. The molecular formula is C18H25N3O3. The van der Waals surface area contributed by atoms with Crippen molar-refractivity contribution in [3.63, 3.8) is 0 Å². The number of hydrogen-bond acceptors (Lipinski definition) is 5. The van der Waals surface area contributed by atoms with Crippen molar-refractivity contribution in [1.82, 2.24) is 15.4 Å². The molecule has 1 fully saturated rings. The van der Waals surface area contributed by atoms with Crippen molar-refractivity contribution in [3.8, 4) is 0 Å². The molecule has 6 nitrogen and oxygen atoms in total. The second-order valence-corrected chi connectivity index (χ2v) is 6.38. The highest BCUT2D eigenvalue weighted by Gasteiger charge is 2.25. The lowest BCUT2D eigenvalue weighted by molar-refractivity contribution is -0.121. The first-order valence-electron chi connectivity index (χ1n) is 8.61. The highest BCUT2D eigenvalue weighted by Crippen LogP contribution is 2.25. The van der Waals surface area contributed by atoms with Crippen LogP contribution < -0.4 is 5.32 Å². The predicted octanol–water partition coefficient (Wildman–Crippen LogP) is 2.77. The average Bonchev–Trinajstić information content (AvgIpc) is 3.31. The molecule has 2 aromatic rings. The van der Waals surface area contributed by atoms with Crippen LogP contribution in [0.5, 0.6) is 0 Å². The second kappa shape index (κ2) is 7.66. The van der Waals surface area contributed by atoms with Crippen LogP contribution in [0.2, 0.25) is 0 Å². The summed E-state index contributed by atoms with van der Waals surface area (Å²) in [6, 6.07) is 4.00. The number of nitrogens with zero attached hydrogens (tertiary/aromatic N) is 2. The fraction of sp³-hybridized carbons (Fsp3) is 0.556. The van der Waals surface area contributed by atoms with Crippen molar-refractivity contribution in [3.05, 3.63) is 41.2 Å². The summed E-state index contributed by atoms with van der Waals surface area (Å²) in [7, 11) is 0. The molecule has 2 aromatic heterocycles. The molecule has 0 aromatic carbocycles. The fourth-order valence-electron chi connectivity index (χ4n) is 3.34. The van der Waals surface area contributed by atoms with Crippen molar-refractivity contribution in [2.75, 3.05) is 19.6 Å². The molecule has 1 aliphatic rings. The van der Waals surface area contributed by atoms with Gasteiger partial charge in [-0.25, -0.2) is 0 Å². The van der Waals surface area contributed by atoms with E-state index < -0.39 is 0 Å². The van der Waals surface area contributed by atoms with Crippen molar-refractivity contribution in [2.24, 2.45) is 0 Å². The van der Waals surface area contributed by atoms with E-state index in [1.165, 1.54) is 12.8 Å². The van der Waals surface area contributed by atoms with E-state index in [-0.39, 0.29) is 11.9 Å². The highest BCUT2D eigenvalue weighted by molar-refractivity contribution is 5.76. The Morgan fingerprint density at radius 3 is 2.79 bits per heavy atom. The van der Waals surface area contributed by atoms with Gasteiger partial charge in [-0.3, -0.25) is 9.69 Å². The molecule has 1 atom stereocenters. The quantitative estimate of drug-likeness (QED) is 0.845. The molecule has 3 rings (SSSR count). The number of likely N-dealkylation sites (tertiary alicyclic amines) is 1. The minimum absolute atomic E-state index is 0.0470. The summed E-state index contributed by atoms with van der Waals surface area (Å²) >= 11 is 0. The first-order chi connectivity index (χ1) is 11.6. The Morgan fingerprint density at radius 2 is 2.17 bits per heavy atom. The maximum Gasteiger partial charge on any atom is 0.220 e. The molecule has 0 unspecified atom stereocenters. The summed E-state index contributed by atoms with van der Waals surface area (Å²) in [5.74, 6) is 1.76. The normalized spacial score (nSPS) is 16.4. The summed E-state index contributed by atoms with van der Waals surface area (Å²) < 4.78 is 10.7. The zero-order chi connectivity index (χ0) is 16.9. The standard InChI is InChI=1S/C18H25N3O3/c1-13-15(14(2)24-20-13)7-8-18(22)19-12-16(17-6-5-11-23-17)21-9-3-4-10-21/h5-6,11,16H,3-4,7-10,12H2,1-2H3,(H,19,22)/t16-/m0/s1. The van der Waals surface area contributed by atoms with Gasteiger partial charge in [0.1, 0.15) is 11.5 Å². The summed E-state index contributed by atoms with van der Waals surface area (Å²) in [5.41, 5.74) is 1.90. The Bertz CT molecular complexity index is 638. The van der Waals surface area contributed by atoms with Crippen LogP contribution in [0, 0.1) is 13.8 Å². The van der Waals surface area contributed by atoms with E-state index in [9.17, 15) is 4.79 Å². The summed E-state index contributed by atoms with van der Waals surface area (Å²) in [6.45, 7) is 6.48. The van der Waals surface area contributed by atoms with Crippen molar-refractivity contribution in [2.45, 2.75) is 45.6 Å².